The molecule has 238 valence electrons. The van der Waals surface area contributed by atoms with Crippen LogP contribution in [0.2, 0.25) is 0 Å². The van der Waals surface area contributed by atoms with Crippen LogP contribution in [0.15, 0.2) is 0 Å². The van der Waals surface area contributed by atoms with Crippen molar-refractivity contribution in [2.75, 3.05) is 13.2 Å². The quantitative estimate of drug-likeness (QED) is 0.0689. The molecular formula is C35H68O5. The Labute approximate surface area is 248 Å². The molecule has 0 spiro atoms. The maximum Gasteiger partial charge on any atom is 0.306 e. The van der Waals surface area contributed by atoms with E-state index in [1.165, 1.54) is 103 Å². The van der Waals surface area contributed by atoms with Gasteiger partial charge in [-0.25, -0.2) is 0 Å². The van der Waals surface area contributed by atoms with Gasteiger partial charge in [-0.1, -0.05) is 156 Å². The highest BCUT2D eigenvalue weighted by atomic mass is 16.6. The fraction of sp³-hybridized carbons (Fsp3) is 0.943. The Balaban J connectivity index is 3.53. The van der Waals surface area contributed by atoms with E-state index < -0.39 is 6.10 Å². The van der Waals surface area contributed by atoms with Crippen LogP contribution in [0.1, 0.15) is 182 Å². The van der Waals surface area contributed by atoms with Gasteiger partial charge in [0.25, 0.3) is 0 Å². The molecule has 0 radical (unpaired) electrons. The molecule has 0 fully saturated rings. The first kappa shape index (κ1) is 38.9. The Morgan fingerprint density at radius 2 is 0.825 bits per heavy atom. The second kappa shape index (κ2) is 29.4. The summed E-state index contributed by atoms with van der Waals surface area (Å²) in [4.78, 5) is 24.1. The van der Waals surface area contributed by atoms with E-state index in [-0.39, 0.29) is 25.2 Å². The predicted molar refractivity (Wildman–Crippen MR) is 168 cm³/mol. The third-order valence-electron chi connectivity index (χ3n) is 7.76. The molecule has 0 aromatic heterocycles. The van der Waals surface area contributed by atoms with E-state index >= 15 is 0 Å². The van der Waals surface area contributed by atoms with E-state index in [1.54, 1.807) is 0 Å². The number of hydrogen-bond donors (Lipinski definition) is 1. The summed E-state index contributed by atoms with van der Waals surface area (Å²) in [6.45, 7) is 8.78. The summed E-state index contributed by atoms with van der Waals surface area (Å²) in [5.41, 5.74) is 0. The Bertz CT molecular complexity index is 560. The van der Waals surface area contributed by atoms with Gasteiger partial charge in [-0.05, 0) is 24.7 Å². The van der Waals surface area contributed by atoms with Crippen molar-refractivity contribution in [2.24, 2.45) is 11.8 Å². The first-order valence-electron chi connectivity index (χ1n) is 17.3. The minimum atomic E-state index is -0.762. The number of rotatable bonds is 30. The number of ether oxygens (including phenoxy) is 2. The van der Waals surface area contributed by atoms with Crippen molar-refractivity contribution < 1.29 is 24.2 Å². The molecule has 0 bridgehead atoms. The van der Waals surface area contributed by atoms with Gasteiger partial charge in [-0.15, -0.1) is 0 Å². The van der Waals surface area contributed by atoms with E-state index in [0.717, 1.165) is 50.4 Å². The Morgan fingerprint density at radius 1 is 0.500 bits per heavy atom. The van der Waals surface area contributed by atoms with Gasteiger partial charge < -0.3 is 14.6 Å². The van der Waals surface area contributed by atoms with Gasteiger partial charge in [0.15, 0.2) is 6.10 Å². The van der Waals surface area contributed by atoms with Crippen molar-refractivity contribution in [3.8, 4) is 0 Å². The molecule has 0 saturated heterocycles. The Kier molecular flexibility index (Phi) is 28.6. The van der Waals surface area contributed by atoms with Crippen molar-refractivity contribution in [2.45, 2.75) is 188 Å². The lowest BCUT2D eigenvalue weighted by Gasteiger charge is -2.15. The number of hydrogen-bond acceptors (Lipinski definition) is 5. The molecule has 0 aromatic rings. The average molecular weight is 569 g/mol. The topological polar surface area (TPSA) is 72.8 Å². The van der Waals surface area contributed by atoms with Gasteiger partial charge >= 0.3 is 11.9 Å². The lowest BCUT2D eigenvalue weighted by Crippen LogP contribution is -2.28. The van der Waals surface area contributed by atoms with Crippen molar-refractivity contribution in [1.29, 1.82) is 0 Å². The normalized spacial score (nSPS) is 12.3. The zero-order valence-electron chi connectivity index (χ0n) is 27.2. The zero-order chi connectivity index (χ0) is 29.7. The minimum Gasteiger partial charge on any atom is -0.462 e. The molecule has 0 aliphatic heterocycles. The number of aliphatic hydroxyl groups excluding tert-OH is 1. The standard InChI is InChI=1S/C35H68O5/c1-31(2)25-21-17-13-10-8-6-5-7-9-11-15-20-24-28-35(38)40-33(29-36)30-39-34(37)27-23-19-16-12-14-18-22-26-32(3)4/h31-33,36H,5-30H2,1-4H3/t33-/m0/s1. The second-order valence-corrected chi connectivity index (χ2v) is 12.9. The largest absolute Gasteiger partial charge is 0.462 e. The number of carbonyl (C=O) groups excluding carboxylic acids is 2. The third kappa shape index (κ3) is 29.9. The van der Waals surface area contributed by atoms with E-state index in [4.69, 9.17) is 9.47 Å². The number of carbonyl (C=O) groups is 2. The van der Waals surface area contributed by atoms with Crippen LogP contribution in [0.3, 0.4) is 0 Å². The summed E-state index contributed by atoms with van der Waals surface area (Å²) < 4.78 is 10.5. The Hall–Kier alpha value is -1.10. The third-order valence-corrected chi connectivity index (χ3v) is 7.76. The number of unbranched alkanes of at least 4 members (excludes halogenated alkanes) is 18. The van der Waals surface area contributed by atoms with Crippen LogP contribution < -0.4 is 0 Å². The van der Waals surface area contributed by atoms with Crippen molar-refractivity contribution in [3.63, 3.8) is 0 Å². The van der Waals surface area contributed by atoms with Gasteiger partial charge in [0, 0.05) is 12.8 Å². The first-order chi connectivity index (χ1) is 19.3. The van der Waals surface area contributed by atoms with Gasteiger partial charge in [-0.3, -0.25) is 9.59 Å². The van der Waals surface area contributed by atoms with Crippen LogP contribution in [-0.2, 0) is 19.1 Å². The van der Waals surface area contributed by atoms with Crippen LogP contribution in [0.5, 0.6) is 0 Å². The lowest BCUT2D eigenvalue weighted by molar-refractivity contribution is -0.161. The molecule has 0 rings (SSSR count). The number of aliphatic hydroxyl groups is 1. The number of esters is 2. The molecule has 5 nitrogen and oxygen atoms in total. The van der Waals surface area contributed by atoms with Crippen molar-refractivity contribution in [1.82, 2.24) is 0 Å². The van der Waals surface area contributed by atoms with Crippen LogP contribution in [0.4, 0.5) is 0 Å². The highest BCUT2D eigenvalue weighted by Gasteiger charge is 2.16. The minimum absolute atomic E-state index is 0.0605. The smallest absolute Gasteiger partial charge is 0.306 e. The molecule has 0 aliphatic carbocycles. The monoisotopic (exact) mass is 569 g/mol. The van der Waals surface area contributed by atoms with E-state index in [1.807, 2.05) is 0 Å². The molecule has 0 aliphatic rings. The summed E-state index contributed by atoms with van der Waals surface area (Å²) >= 11 is 0. The van der Waals surface area contributed by atoms with Gasteiger partial charge in [0.2, 0.25) is 0 Å². The molecule has 0 unspecified atom stereocenters. The molecule has 5 heteroatoms. The zero-order valence-corrected chi connectivity index (χ0v) is 27.2. The molecule has 0 heterocycles. The maximum absolute atomic E-state index is 12.1. The van der Waals surface area contributed by atoms with Gasteiger partial charge in [0.1, 0.15) is 6.61 Å². The maximum atomic E-state index is 12.1. The Morgan fingerprint density at radius 3 is 1.18 bits per heavy atom. The molecule has 40 heavy (non-hydrogen) atoms. The molecule has 1 atom stereocenters. The van der Waals surface area contributed by atoms with Gasteiger partial charge in [0.05, 0.1) is 6.61 Å². The molecule has 0 aromatic carbocycles. The summed E-state index contributed by atoms with van der Waals surface area (Å²) in [5, 5.41) is 9.50. The van der Waals surface area contributed by atoms with Crippen molar-refractivity contribution >= 4 is 11.9 Å². The fourth-order valence-corrected chi connectivity index (χ4v) is 5.10. The summed E-state index contributed by atoms with van der Waals surface area (Å²) in [6.07, 6.45) is 27.4. The SMILES string of the molecule is CC(C)CCCCCCCCCCCCCCCC(=O)O[C@@H](CO)COC(=O)CCCCCCCCCC(C)C. The van der Waals surface area contributed by atoms with E-state index in [2.05, 4.69) is 27.7 Å². The molecular weight excluding hydrogens is 500 g/mol. The summed E-state index contributed by atoms with van der Waals surface area (Å²) in [5.74, 6) is 1.05. The summed E-state index contributed by atoms with van der Waals surface area (Å²) in [7, 11) is 0. The average Bonchev–Trinajstić information content (AvgIpc) is 2.91. The lowest BCUT2D eigenvalue weighted by atomic mass is 10.0. The molecule has 0 saturated carbocycles. The van der Waals surface area contributed by atoms with E-state index in [0.29, 0.717) is 12.8 Å². The highest BCUT2D eigenvalue weighted by molar-refractivity contribution is 5.70. The van der Waals surface area contributed by atoms with Crippen molar-refractivity contribution in [3.05, 3.63) is 0 Å². The summed E-state index contributed by atoms with van der Waals surface area (Å²) in [6, 6.07) is 0. The van der Waals surface area contributed by atoms with Gasteiger partial charge in [-0.2, -0.15) is 0 Å². The van der Waals surface area contributed by atoms with Crippen LogP contribution in [-0.4, -0.2) is 36.4 Å². The molecule has 0 amide bonds. The van der Waals surface area contributed by atoms with E-state index in [9.17, 15) is 14.7 Å². The van der Waals surface area contributed by atoms with Crippen LogP contribution in [0, 0.1) is 11.8 Å². The fourth-order valence-electron chi connectivity index (χ4n) is 5.10. The first-order valence-corrected chi connectivity index (χ1v) is 17.3. The highest BCUT2D eigenvalue weighted by Crippen LogP contribution is 2.15. The van der Waals surface area contributed by atoms with Crippen LogP contribution in [0.25, 0.3) is 0 Å². The van der Waals surface area contributed by atoms with Crippen LogP contribution >= 0.6 is 0 Å². The predicted octanol–water partition coefficient (Wildman–Crippen LogP) is 10.1. The molecule has 1 N–H and O–H groups in total. The second-order valence-electron chi connectivity index (χ2n) is 12.9.